The van der Waals surface area contributed by atoms with E-state index in [1.807, 2.05) is 12.2 Å². The highest BCUT2D eigenvalue weighted by Gasteiger charge is 2.59. The highest BCUT2D eigenvalue weighted by molar-refractivity contribution is 6.31. The van der Waals surface area contributed by atoms with Gasteiger partial charge >= 0.3 is 0 Å². The summed E-state index contributed by atoms with van der Waals surface area (Å²) in [7, 11) is 0. The van der Waals surface area contributed by atoms with Gasteiger partial charge in [-0.05, 0) is 60.7 Å². The zero-order valence-electron chi connectivity index (χ0n) is 15.8. The first-order valence-electron chi connectivity index (χ1n) is 9.71. The second kappa shape index (κ2) is 7.06. The van der Waals surface area contributed by atoms with Crippen molar-refractivity contribution in [2.45, 2.75) is 6.42 Å². The predicted molar refractivity (Wildman–Crippen MR) is 108 cm³/mol. The number of amides is 2. The second-order valence-corrected chi connectivity index (χ2v) is 8.28. The van der Waals surface area contributed by atoms with E-state index in [4.69, 9.17) is 16.3 Å². The predicted octanol–water partition coefficient (Wildman–Crippen LogP) is 4.05. The normalized spacial score (nSPS) is 26.4. The molecule has 5 nitrogen and oxygen atoms in total. The van der Waals surface area contributed by atoms with Crippen molar-refractivity contribution >= 4 is 34.9 Å². The summed E-state index contributed by atoms with van der Waals surface area (Å²) in [5.41, 5.74) is 0.552. The van der Waals surface area contributed by atoms with Gasteiger partial charge in [-0.3, -0.25) is 14.4 Å². The number of fused-ring (bicyclic) bond motifs is 5. The van der Waals surface area contributed by atoms with Crippen LogP contribution in [-0.4, -0.2) is 24.2 Å². The maximum Gasteiger partial charge on any atom is 0.238 e. The highest BCUT2D eigenvalue weighted by atomic mass is 35.5. The van der Waals surface area contributed by atoms with Gasteiger partial charge in [0.15, 0.2) is 12.4 Å². The van der Waals surface area contributed by atoms with Gasteiger partial charge in [-0.1, -0.05) is 23.8 Å². The summed E-state index contributed by atoms with van der Waals surface area (Å²) >= 11 is 6.13. The maximum atomic E-state index is 13.1. The third-order valence-electron chi connectivity index (χ3n) is 6.16. The number of Topliss-reactive ketones (excluding diaryl/α,β-unsaturated/α-hetero) is 1. The van der Waals surface area contributed by atoms with Crippen molar-refractivity contribution in [3.63, 3.8) is 0 Å². The smallest absolute Gasteiger partial charge is 0.238 e. The fourth-order valence-corrected chi connectivity index (χ4v) is 4.96. The van der Waals surface area contributed by atoms with Gasteiger partial charge in [-0.15, -0.1) is 0 Å². The number of allylic oxidation sites excluding steroid dienone is 2. The first-order chi connectivity index (χ1) is 14.4. The average molecular weight is 426 g/mol. The van der Waals surface area contributed by atoms with Crippen molar-refractivity contribution in [2.75, 3.05) is 11.5 Å². The summed E-state index contributed by atoms with van der Waals surface area (Å²) in [6.45, 7) is -0.323. The van der Waals surface area contributed by atoms with E-state index in [2.05, 4.69) is 0 Å². The maximum absolute atomic E-state index is 13.1. The van der Waals surface area contributed by atoms with Crippen LogP contribution in [0.25, 0.3) is 0 Å². The quantitative estimate of drug-likeness (QED) is 0.412. The lowest BCUT2D eigenvalue weighted by atomic mass is 9.85. The van der Waals surface area contributed by atoms with Crippen LogP contribution in [0.1, 0.15) is 16.8 Å². The Bertz CT molecular complexity index is 1070. The van der Waals surface area contributed by atoms with E-state index in [-0.39, 0.29) is 59.3 Å². The Hall–Kier alpha value is -2.99. The van der Waals surface area contributed by atoms with E-state index in [1.165, 1.54) is 36.4 Å². The van der Waals surface area contributed by atoms with Crippen LogP contribution in [-0.2, 0) is 9.59 Å². The Balaban J connectivity index is 1.41. The summed E-state index contributed by atoms with van der Waals surface area (Å²) in [4.78, 5) is 39.8. The molecule has 4 atom stereocenters. The number of imide groups is 1. The molecule has 1 heterocycles. The van der Waals surface area contributed by atoms with Crippen LogP contribution >= 0.6 is 11.6 Å². The molecule has 2 aromatic carbocycles. The molecule has 0 N–H and O–H groups in total. The summed E-state index contributed by atoms with van der Waals surface area (Å²) in [6.07, 6.45) is 4.89. The molecule has 2 bridgehead atoms. The molecule has 5 rings (SSSR count). The van der Waals surface area contributed by atoms with E-state index < -0.39 is 5.82 Å². The Kier molecular flexibility index (Phi) is 4.47. The number of hydrogen-bond donors (Lipinski definition) is 0. The molecular formula is C23H17ClFNO4. The van der Waals surface area contributed by atoms with Crippen LogP contribution in [0, 0.1) is 29.5 Å². The minimum absolute atomic E-state index is 0.0880. The molecule has 0 aromatic heterocycles. The lowest BCUT2D eigenvalue weighted by Crippen LogP contribution is -2.33. The topological polar surface area (TPSA) is 63.7 Å². The van der Waals surface area contributed by atoms with Crippen LogP contribution in [0.3, 0.4) is 0 Å². The lowest BCUT2D eigenvalue weighted by molar-refractivity contribution is -0.123. The number of rotatable bonds is 5. The van der Waals surface area contributed by atoms with Gasteiger partial charge in [0.2, 0.25) is 11.8 Å². The molecule has 0 radical (unpaired) electrons. The molecule has 1 aliphatic heterocycles. The molecular weight excluding hydrogens is 409 g/mol. The molecule has 0 spiro atoms. The van der Waals surface area contributed by atoms with Crippen molar-refractivity contribution in [3.05, 3.63) is 71.0 Å². The van der Waals surface area contributed by atoms with Crippen molar-refractivity contribution in [2.24, 2.45) is 23.7 Å². The van der Waals surface area contributed by atoms with Crippen LogP contribution < -0.4 is 9.64 Å². The van der Waals surface area contributed by atoms with Crippen molar-refractivity contribution in [1.82, 2.24) is 0 Å². The zero-order valence-corrected chi connectivity index (χ0v) is 16.5. The summed E-state index contributed by atoms with van der Waals surface area (Å²) in [6, 6.07) is 9.76. The van der Waals surface area contributed by atoms with Crippen molar-refractivity contribution in [3.8, 4) is 5.75 Å². The molecule has 1 saturated heterocycles. The van der Waals surface area contributed by atoms with Crippen LogP contribution in [0.5, 0.6) is 5.75 Å². The van der Waals surface area contributed by atoms with Gasteiger partial charge in [-0.25, -0.2) is 9.29 Å². The standard InChI is InChI=1S/C23H17ClFNO4/c24-15-5-8-19(30-11-18(27)12-3-6-16(25)7-4-12)17(10-15)26-22(28)20-13-1-2-14(9-13)21(20)23(26)29/h1-8,10,13-14,20-21H,9,11H2/t13-,14+,20-,21+. The van der Waals surface area contributed by atoms with E-state index >= 15 is 0 Å². The Morgan fingerprint density at radius 2 is 1.67 bits per heavy atom. The molecule has 2 aliphatic carbocycles. The van der Waals surface area contributed by atoms with E-state index in [0.717, 1.165) is 11.3 Å². The number of hydrogen-bond acceptors (Lipinski definition) is 4. The number of nitrogens with zero attached hydrogens (tertiary/aromatic N) is 1. The van der Waals surface area contributed by atoms with Crippen molar-refractivity contribution in [1.29, 1.82) is 0 Å². The first kappa shape index (κ1) is 19.0. The van der Waals surface area contributed by atoms with Gasteiger partial charge < -0.3 is 4.74 Å². The minimum atomic E-state index is -0.437. The number of ketones is 1. The summed E-state index contributed by atoms with van der Waals surface area (Å²) < 4.78 is 18.7. The van der Waals surface area contributed by atoms with Crippen LogP contribution in [0.15, 0.2) is 54.6 Å². The number of carbonyl (C=O) groups excluding carboxylic acids is 3. The molecule has 2 fully saturated rings. The third-order valence-corrected chi connectivity index (χ3v) is 6.39. The fraction of sp³-hybridized carbons (Fsp3) is 0.261. The first-order valence-corrected chi connectivity index (χ1v) is 10.1. The van der Waals surface area contributed by atoms with Gasteiger partial charge in [0, 0.05) is 10.6 Å². The van der Waals surface area contributed by atoms with Crippen molar-refractivity contribution < 1.29 is 23.5 Å². The number of benzene rings is 2. The molecule has 2 aromatic rings. The van der Waals surface area contributed by atoms with Crippen LogP contribution in [0.2, 0.25) is 5.02 Å². The molecule has 30 heavy (non-hydrogen) atoms. The number of ether oxygens (including phenoxy) is 1. The number of halogens is 2. The third kappa shape index (κ3) is 2.94. The van der Waals surface area contributed by atoms with Gasteiger partial charge in [-0.2, -0.15) is 0 Å². The Morgan fingerprint density at radius 1 is 1.03 bits per heavy atom. The molecule has 152 valence electrons. The minimum Gasteiger partial charge on any atom is -0.483 e. The van der Waals surface area contributed by atoms with Gasteiger partial charge in [0.05, 0.1) is 17.5 Å². The largest absolute Gasteiger partial charge is 0.483 e. The zero-order chi connectivity index (χ0) is 21.0. The van der Waals surface area contributed by atoms with Gasteiger partial charge in [0.25, 0.3) is 0 Å². The van der Waals surface area contributed by atoms with Gasteiger partial charge in [0.1, 0.15) is 11.6 Å². The molecule has 2 amide bonds. The van der Waals surface area contributed by atoms with E-state index in [1.54, 1.807) is 6.07 Å². The number of anilines is 1. The summed E-state index contributed by atoms with van der Waals surface area (Å²) in [5.74, 6) is -1.59. The molecule has 0 unspecified atom stereocenters. The van der Waals surface area contributed by atoms with E-state index in [9.17, 15) is 18.8 Å². The molecule has 7 heteroatoms. The second-order valence-electron chi connectivity index (χ2n) is 7.84. The fourth-order valence-electron chi connectivity index (χ4n) is 4.79. The molecule has 1 saturated carbocycles. The average Bonchev–Trinajstić information content (AvgIpc) is 3.41. The van der Waals surface area contributed by atoms with Crippen LogP contribution in [0.4, 0.5) is 10.1 Å². The monoisotopic (exact) mass is 425 g/mol. The highest BCUT2D eigenvalue weighted by Crippen LogP contribution is 2.54. The Labute approximate surface area is 177 Å². The number of carbonyl (C=O) groups is 3. The molecule has 3 aliphatic rings. The van der Waals surface area contributed by atoms with E-state index in [0.29, 0.717) is 10.6 Å². The SMILES string of the molecule is O=C(COc1ccc(Cl)cc1N1C(=O)[C@@H]2[C@H](C1=O)[C@@H]1C=C[C@H]2C1)c1ccc(F)cc1. The Morgan fingerprint density at radius 3 is 2.30 bits per heavy atom. The summed E-state index contributed by atoms with van der Waals surface area (Å²) in [5, 5.41) is 0.348. The lowest BCUT2D eigenvalue weighted by Gasteiger charge is -2.21.